The minimum absolute atomic E-state index is 0.0625. The molecular formula is C8H13N5O3. The highest BCUT2D eigenvalue weighted by molar-refractivity contribution is 5.93. The summed E-state index contributed by atoms with van der Waals surface area (Å²) in [5.74, 6) is -1.87. The number of carbonyl (C=O) groups is 2. The number of aliphatic carboxylic acids is 1. The standard InChI is InChI=1S/C8H13N5O3/c1-2-3-4(7(15)16)10-6(14)5-11-8(9)13-12-5/h4H,2-3H2,1H3,(H,10,14)(H,15,16)(H3,9,11,12,13). The molecule has 8 heteroatoms. The quantitative estimate of drug-likeness (QED) is 0.529. The first-order chi connectivity index (χ1) is 7.54. The summed E-state index contributed by atoms with van der Waals surface area (Å²) in [7, 11) is 0. The smallest absolute Gasteiger partial charge is 0.326 e. The average Bonchev–Trinajstić information content (AvgIpc) is 2.64. The number of nitrogens with two attached hydrogens (primary N) is 1. The second-order valence-electron chi connectivity index (χ2n) is 3.20. The van der Waals surface area contributed by atoms with Crippen molar-refractivity contribution in [3.05, 3.63) is 5.82 Å². The Labute approximate surface area is 91.2 Å². The number of rotatable bonds is 5. The van der Waals surface area contributed by atoms with Gasteiger partial charge in [0.15, 0.2) is 0 Å². The molecule has 1 amide bonds. The van der Waals surface area contributed by atoms with Crippen LogP contribution in [0.1, 0.15) is 30.4 Å². The lowest BCUT2D eigenvalue weighted by molar-refractivity contribution is -0.139. The van der Waals surface area contributed by atoms with Gasteiger partial charge in [-0.3, -0.25) is 9.89 Å². The fourth-order valence-electron chi connectivity index (χ4n) is 1.15. The maximum absolute atomic E-state index is 11.5. The molecule has 1 rings (SSSR count). The van der Waals surface area contributed by atoms with E-state index in [1.54, 1.807) is 0 Å². The van der Waals surface area contributed by atoms with Crippen molar-refractivity contribution >= 4 is 17.8 Å². The van der Waals surface area contributed by atoms with Crippen LogP contribution in [0.4, 0.5) is 5.95 Å². The number of carboxylic acid groups (broad SMARTS) is 1. The Kier molecular flexibility index (Phi) is 3.81. The normalized spacial score (nSPS) is 12.1. The minimum Gasteiger partial charge on any atom is -0.480 e. The molecular weight excluding hydrogens is 214 g/mol. The molecule has 1 heterocycles. The van der Waals surface area contributed by atoms with Crippen molar-refractivity contribution in [2.45, 2.75) is 25.8 Å². The van der Waals surface area contributed by atoms with Gasteiger partial charge in [0.2, 0.25) is 11.8 Å². The molecule has 0 saturated carbocycles. The SMILES string of the molecule is CCCC(NC(=O)c1nc(N)n[nH]1)C(=O)O. The summed E-state index contributed by atoms with van der Waals surface area (Å²) >= 11 is 0. The van der Waals surface area contributed by atoms with Crippen molar-refractivity contribution in [2.24, 2.45) is 0 Å². The summed E-state index contributed by atoms with van der Waals surface area (Å²) in [6, 6.07) is -0.927. The summed E-state index contributed by atoms with van der Waals surface area (Å²) < 4.78 is 0. The second kappa shape index (κ2) is 5.10. The second-order valence-corrected chi connectivity index (χ2v) is 3.20. The number of aromatic amines is 1. The zero-order valence-corrected chi connectivity index (χ0v) is 8.73. The maximum Gasteiger partial charge on any atom is 0.326 e. The number of anilines is 1. The van der Waals surface area contributed by atoms with Gasteiger partial charge in [-0.15, -0.1) is 5.10 Å². The topological polar surface area (TPSA) is 134 Å². The van der Waals surface area contributed by atoms with Crippen LogP contribution in [0.5, 0.6) is 0 Å². The number of nitrogens with one attached hydrogen (secondary N) is 2. The van der Waals surface area contributed by atoms with Gasteiger partial charge >= 0.3 is 5.97 Å². The number of amides is 1. The molecule has 0 radical (unpaired) electrons. The first-order valence-electron chi connectivity index (χ1n) is 4.76. The zero-order valence-electron chi connectivity index (χ0n) is 8.73. The van der Waals surface area contributed by atoms with Gasteiger partial charge < -0.3 is 16.2 Å². The fourth-order valence-corrected chi connectivity index (χ4v) is 1.15. The summed E-state index contributed by atoms with van der Waals surface area (Å²) in [4.78, 5) is 25.8. The number of nitrogen functional groups attached to an aromatic ring is 1. The third-order valence-corrected chi connectivity index (χ3v) is 1.90. The molecule has 1 atom stereocenters. The Morgan fingerprint density at radius 3 is 2.75 bits per heavy atom. The van der Waals surface area contributed by atoms with Gasteiger partial charge in [-0.05, 0) is 6.42 Å². The minimum atomic E-state index is -1.08. The Morgan fingerprint density at radius 1 is 1.62 bits per heavy atom. The highest BCUT2D eigenvalue weighted by Crippen LogP contribution is 1.99. The highest BCUT2D eigenvalue weighted by Gasteiger charge is 2.21. The summed E-state index contributed by atoms with van der Waals surface area (Å²) in [5.41, 5.74) is 5.22. The molecule has 0 spiro atoms. The van der Waals surface area contributed by atoms with E-state index in [9.17, 15) is 9.59 Å². The molecule has 0 saturated heterocycles. The fraction of sp³-hybridized carbons (Fsp3) is 0.500. The lowest BCUT2D eigenvalue weighted by Gasteiger charge is -2.11. The molecule has 0 bridgehead atoms. The Balaban J connectivity index is 2.65. The van der Waals surface area contributed by atoms with E-state index in [1.807, 2.05) is 6.92 Å². The summed E-state index contributed by atoms with van der Waals surface area (Å²) in [6.45, 7) is 1.83. The molecule has 0 aliphatic rings. The molecule has 1 unspecified atom stereocenters. The van der Waals surface area contributed by atoms with E-state index >= 15 is 0 Å². The molecule has 1 aromatic heterocycles. The summed E-state index contributed by atoms with van der Waals surface area (Å²) in [6.07, 6.45) is 1.00. The van der Waals surface area contributed by atoms with E-state index in [0.29, 0.717) is 12.8 Å². The molecule has 0 aromatic carbocycles. The van der Waals surface area contributed by atoms with Gasteiger partial charge in [-0.2, -0.15) is 4.98 Å². The number of hydrogen-bond acceptors (Lipinski definition) is 5. The van der Waals surface area contributed by atoms with Crippen LogP contribution in [0, 0.1) is 0 Å². The maximum atomic E-state index is 11.5. The first-order valence-corrected chi connectivity index (χ1v) is 4.76. The van der Waals surface area contributed by atoms with Crippen molar-refractivity contribution in [2.75, 3.05) is 5.73 Å². The van der Waals surface area contributed by atoms with E-state index < -0.39 is 17.9 Å². The van der Waals surface area contributed by atoms with Gasteiger partial charge in [0.25, 0.3) is 5.91 Å². The Hall–Kier alpha value is -2.12. The predicted octanol–water partition coefficient (Wildman–Crippen LogP) is -0.630. The van der Waals surface area contributed by atoms with Gasteiger partial charge in [-0.25, -0.2) is 4.79 Å². The molecule has 0 aliphatic carbocycles. The first kappa shape index (κ1) is 12.0. The lowest BCUT2D eigenvalue weighted by Crippen LogP contribution is -2.41. The van der Waals surface area contributed by atoms with Gasteiger partial charge in [0, 0.05) is 0 Å². The Morgan fingerprint density at radius 2 is 2.31 bits per heavy atom. The number of H-pyrrole nitrogens is 1. The molecule has 5 N–H and O–H groups in total. The molecule has 0 aliphatic heterocycles. The predicted molar refractivity (Wildman–Crippen MR) is 54.6 cm³/mol. The molecule has 1 aromatic rings. The lowest BCUT2D eigenvalue weighted by atomic mass is 10.1. The number of aromatic nitrogens is 3. The van der Waals surface area contributed by atoms with Crippen LogP contribution in [-0.2, 0) is 4.79 Å². The molecule has 88 valence electrons. The van der Waals surface area contributed by atoms with Crippen LogP contribution in [-0.4, -0.2) is 38.2 Å². The van der Waals surface area contributed by atoms with E-state index in [2.05, 4.69) is 20.5 Å². The van der Waals surface area contributed by atoms with Crippen LogP contribution in [0.2, 0.25) is 0 Å². The molecule has 0 fully saturated rings. The van der Waals surface area contributed by atoms with Crippen LogP contribution in [0.15, 0.2) is 0 Å². The number of carboxylic acids is 1. The largest absolute Gasteiger partial charge is 0.480 e. The number of hydrogen-bond donors (Lipinski definition) is 4. The third kappa shape index (κ3) is 2.94. The van der Waals surface area contributed by atoms with E-state index in [1.165, 1.54) is 0 Å². The van der Waals surface area contributed by atoms with Crippen LogP contribution < -0.4 is 11.1 Å². The van der Waals surface area contributed by atoms with Crippen LogP contribution >= 0.6 is 0 Å². The number of carbonyl (C=O) groups excluding carboxylic acids is 1. The third-order valence-electron chi connectivity index (χ3n) is 1.90. The van der Waals surface area contributed by atoms with Crippen molar-refractivity contribution in [3.63, 3.8) is 0 Å². The van der Waals surface area contributed by atoms with Gasteiger partial charge in [0.1, 0.15) is 6.04 Å². The van der Waals surface area contributed by atoms with Crippen molar-refractivity contribution in [1.29, 1.82) is 0 Å². The van der Waals surface area contributed by atoms with Crippen LogP contribution in [0.3, 0.4) is 0 Å². The van der Waals surface area contributed by atoms with E-state index in [0.717, 1.165) is 0 Å². The van der Waals surface area contributed by atoms with E-state index in [-0.39, 0.29) is 11.8 Å². The molecule has 16 heavy (non-hydrogen) atoms. The monoisotopic (exact) mass is 227 g/mol. The number of nitrogens with zero attached hydrogens (tertiary/aromatic N) is 2. The van der Waals surface area contributed by atoms with Crippen molar-refractivity contribution in [3.8, 4) is 0 Å². The van der Waals surface area contributed by atoms with Gasteiger partial charge in [0.05, 0.1) is 0 Å². The van der Waals surface area contributed by atoms with Gasteiger partial charge in [-0.1, -0.05) is 13.3 Å². The van der Waals surface area contributed by atoms with E-state index in [4.69, 9.17) is 10.8 Å². The highest BCUT2D eigenvalue weighted by atomic mass is 16.4. The summed E-state index contributed by atoms with van der Waals surface area (Å²) in [5, 5.41) is 16.9. The molecule has 8 nitrogen and oxygen atoms in total. The van der Waals surface area contributed by atoms with Crippen molar-refractivity contribution in [1.82, 2.24) is 20.5 Å². The van der Waals surface area contributed by atoms with Crippen molar-refractivity contribution < 1.29 is 14.7 Å². The van der Waals surface area contributed by atoms with Crippen LogP contribution in [0.25, 0.3) is 0 Å². The zero-order chi connectivity index (χ0) is 12.1. The average molecular weight is 227 g/mol. The Bertz CT molecular complexity index is 389.